The van der Waals surface area contributed by atoms with Crippen molar-refractivity contribution in [3.8, 4) is 22.4 Å². The van der Waals surface area contributed by atoms with Crippen LogP contribution in [0.15, 0.2) is 48.7 Å². The average molecular weight is 434 g/mol. The van der Waals surface area contributed by atoms with Gasteiger partial charge in [0.15, 0.2) is 0 Å². The number of halogens is 1. The number of aromatic nitrogens is 3. The largest absolute Gasteiger partial charge is 0.355 e. The average Bonchev–Trinajstić information content (AvgIpc) is 3.30. The third kappa shape index (κ3) is 4.03. The third-order valence-corrected chi connectivity index (χ3v) is 6.06. The third-order valence-electron chi connectivity index (χ3n) is 6.06. The van der Waals surface area contributed by atoms with E-state index in [0.717, 1.165) is 59.1 Å². The summed E-state index contributed by atoms with van der Waals surface area (Å²) in [4.78, 5) is 15.1. The van der Waals surface area contributed by atoms with E-state index in [1.54, 1.807) is 0 Å². The number of hydrogen-bond acceptors (Lipinski definition) is 4. The highest BCUT2D eigenvalue weighted by molar-refractivity contribution is 5.93. The minimum Gasteiger partial charge on any atom is -0.355 e. The number of H-pyrrole nitrogens is 1. The number of anilines is 1. The van der Waals surface area contributed by atoms with Crippen LogP contribution in [0.1, 0.15) is 23.4 Å². The molecule has 0 bridgehead atoms. The SMILES string of the molecule is Cc1cc(-c2[nH]c3cc(-c4ccc(N5CC[C@@H](N)C5)nc4)ccc3c2C)cc(C)n1.Cl. The van der Waals surface area contributed by atoms with Gasteiger partial charge < -0.3 is 15.6 Å². The molecule has 0 spiro atoms. The lowest BCUT2D eigenvalue weighted by Crippen LogP contribution is -2.26. The van der Waals surface area contributed by atoms with Gasteiger partial charge >= 0.3 is 0 Å². The molecule has 4 aromatic rings. The predicted molar refractivity (Wildman–Crippen MR) is 131 cm³/mol. The first-order valence-corrected chi connectivity index (χ1v) is 10.5. The molecule has 0 aliphatic carbocycles. The van der Waals surface area contributed by atoms with Gasteiger partial charge in [-0.1, -0.05) is 12.1 Å². The molecule has 6 heteroatoms. The molecule has 1 atom stereocenters. The zero-order chi connectivity index (χ0) is 20.8. The summed E-state index contributed by atoms with van der Waals surface area (Å²) in [6, 6.07) is 15.4. The molecule has 3 aromatic heterocycles. The monoisotopic (exact) mass is 433 g/mol. The molecule has 31 heavy (non-hydrogen) atoms. The first-order chi connectivity index (χ1) is 14.5. The number of nitrogens with one attached hydrogen (secondary N) is 1. The van der Waals surface area contributed by atoms with Crippen LogP contribution in [-0.4, -0.2) is 34.1 Å². The van der Waals surface area contributed by atoms with Gasteiger partial charge in [-0.05, 0) is 68.7 Å². The number of benzene rings is 1. The van der Waals surface area contributed by atoms with Crippen molar-refractivity contribution in [2.24, 2.45) is 5.73 Å². The van der Waals surface area contributed by atoms with Crippen LogP contribution in [0.3, 0.4) is 0 Å². The minimum atomic E-state index is 0. The van der Waals surface area contributed by atoms with Gasteiger partial charge in [0, 0.05) is 64.4 Å². The molecule has 0 saturated carbocycles. The molecule has 0 radical (unpaired) electrons. The lowest BCUT2D eigenvalue weighted by Gasteiger charge is -2.16. The van der Waals surface area contributed by atoms with E-state index in [4.69, 9.17) is 10.7 Å². The first kappa shape index (κ1) is 21.3. The second-order valence-electron chi connectivity index (χ2n) is 8.42. The van der Waals surface area contributed by atoms with Crippen molar-refractivity contribution in [3.05, 3.63) is 65.6 Å². The summed E-state index contributed by atoms with van der Waals surface area (Å²) < 4.78 is 0. The summed E-state index contributed by atoms with van der Waals surface area (Å²) in [7, 11) is 0. The van der Waals surface area contributed by atoms with E-state index in [1.807, 2.05) is 20.0 Å². The van der Waals surface area contributed by atoms with Crippen LogP contribution in [-0.2, 0) is 0 Å². The lowest BCUT2D eigenvalue weighted by atomic mass is 10.0. The molecule has 1 aliphatic rings. The maximum atomic E-state index is 6.03. The first-order valence-electron chi connectivity index (χ1n) is 10.5. The van der Waals surface area contributed by atoms with Crippen LogP contribution >= 0.6 is 12.4 Å². The van der Waals surface area contributed by atoms with E-state index in [-0.39, 0.29) is 18.4 Å². The highest BCUT2D eigenvalue weighted by atomic mass is 35.5. The maximum absolute atomic E-state index is 6.03. The second-order valence-corrected chi connectivity index (χ2v) is 8.42. The van der Waals surface area contributed by atoms with Gasteiger partial charge in [0.25, 0.3) is 0 Å². The van der Waals surface area contributed by atoms with Crippen molar-refractivity contribution in [1.82, 2.24) is 15.0 Å². The maximum Gasteiger partial charge on any atom is 0.128 e. The Labute approximate surface area is 189 Å². The molecular formula is C25H28ClN5. The smallest absolute Gasteiger partial charge is 0.128 e. The Morgan fingerprint density at radius 2 is 1.71 bits per heavy atom. The molecule has 1 aromatic carbocycles. The minimum absolute atomic E-state index is 0. The van der Waals surface area contributed by atoms with Crippen molar-refractivity contribution >= 4 is 29.1 Å². The van der Waals surface area contributed by atoms with E-state index in [1.165, 1.54) is 16.5 Å². The van der Waals surface area contributed by atoms with Crippen molar-refractivity contribution in [2.45, 2.75) is 33.2 Å². The van der Waals surface area contributed by atoms with Gasteiger partial charge in [-0.2, -0.15) is 0 Å². The molecular weight excluding hydrogens is 406 g/mol. The quantitative estimate of drug-likeness (QED) is 0.467. The number of aryl methyl sites for hydroxylation is 3. The number of nitrogens with zero attached hydrogens (tertiary/aromatic N) is 3. The molecule has 0 unspecified atom stereocenters. The molecule has 3 N–H and O–H groups in total. The van der Waals surface area contributed by atoms with Crippen LogP contribution in [0.25, 0.3) is 33.3 Å². The van der Waals surface area contributed by atoms with Gasteiger partial charge in [-0.15, -0.1) is 12.4 Å². The zero-order valence-corrected chi connectivity index (χ0v) is 19.0. The molecule has 1 saturated heterocycles. The fraction of sp³-hybridized carbons (Fsp3) is 0.280. The van der Waals surface area contributed by atoms with Gasteiger partial charge in [0.05, 0.1) is 0 Å². The Bertz CT molecular complexity index is 1210. The molecule has 0 amide bonds. The number of pyridine rings is 2. The molecule has 5 rings (SSSR count). The topological polar surface area (TPSA) is 70.8 Å². The lowest BCUT2D eigenvalue weighted by molar-refractivity contribution is 0.751. The summed E-state index contributed by atoms with van der Waals surface area (Å²) in [5, 5.41) is 1.25. The van der Waals surface area contributed by atoms with Gasteiger partial charge in [0.2, 0.25) is 0 Å². The van der Waals surface area contributed by atoms with E-state index in [0.29, 0.717) is 0 Å². The highest BCUT2D eigenvalue weighted by Crippen LogP contribution is 2.33. The molecule has 4 heterocycles. The fourth-order valence-corrected chi connectivity index (χ4v) is 4.52. The number of nitrogens with two attached hydrogens (primary N) is 1. The van der Waals surface area contributed by atoms with Crippen LogP contribution < -0.4 is 10.6 Å². The summed E-state index contributed by atoms with van der Waals surface area (Å²) >= 11 is 0. The Kier molecular flexibility index (Phi) is 5.73. The Balaban J connectivity index is 0.00000231. The number of hydrogen-bond donors (Lipinski definition) is 2. The predicted octanol–water partition coefficient (Wildman–Crippen LogP) is 5.18. The van der Waals surface area contributed by atoms with Crippen LogP contribution in [0, 0.1) is 20.8 Å². The van der Waals surface area contributed by atoms with Crippen LogP contribution in [0.5, 0.6) is 0 Å². The summed E-state index contributed by atoms with van der Waals surface area (Å²) in [5.74, 6) is 1.01. The summed E-state index contributed by atoms with van der Waals surface area (Å²) in [6.07, 6.45) is 3.00. The van der Waals surface area contributed by atoms with E-state index in [2.05, 4.69) is 64.3 Å². The second kappa shape index (κ2) is 8.33. The molecule has 1 aliphatic heterocycles. The van der Waals surface area contributed by atoms with E-state index >= 15 is 0 Å². The van der Waals surface area contributed by atoms with Crippen molar-refractivity contribution < 1.29 is 0 Å². The Morgan fingerprint density at radius 3 is 2.35 bits per heavy atom. The highest BCUT2D eigenvalue weighted by Gasteiger charge is 2.20. The Morgan fingerprint density at radius 1 is 0.968 bits per heavy atom. The Hall–Kier alpha value is -2.89. The fourth-order valence-electron chi connectivity index (χ4n) is 4.52. The van der Waals surface area contributed by atoms with Gasteiger partial charge in [0.1, 0.15) is 5.82 Å². The van der Waals surface area contributed by atoms with Crippen LogP contribution in [0.4, 0.5) is 5.82 Å². The number of fused-ring (bicyclic) bond motifs is 1. The van der Waals surface area contributed by atoms with Gasteiger partial charge in [-0.25, -0.2) is 4.98 Å². The normalized spacial score (nSPS) is 16.0. The summed E-state index contributed by atoms with van der Waals surface area (Å²) in [6.45, 7) is 8.13. The van der Waals surface area contributed by atoms with Crippen LogP contribution in [0.2, 0.25) is 0 Å². The number of rotatable bonds is 3. The van der Waals surface area contributed by atoms with E-state index in [9.17, 15) is 0 Å². The van der Waals surface area contributed by atoms with Gasteiger partial charge in [-0.3, -0.25) is 4.98 Å². The number of aromatic amines is 1. The molecule has 1 fully saturated rings. The molecule has 160 valence electrons. The zero-order valence-electron chi connectivity index (χ0n) is 18.1. The van der Waals surface area contributed by atoms with Crippen molar-refractivity contribution in [1.29, 1.82) is 0 Å². The standard InChI is InChI=1S/C25H27N5.ClH/c1-15-10-20(11-16(2)28-15)25-17(3)22-6-4-18(12-23(22)29-25)19-5-7-24(27-13-19)30-9-8-21(26)14-30;/h4-7,10-13,21,29H,8-9,14,26H2,1-3H3;1H/t21-;/m1./s1. The summed E-state index contributed by atoms with van der Waals surface area (Å²) in [5.41, 5.74) is 15.1. The van der Waals surface area contributed by atoms with Crippen molar-refractivity contribution in [3.63, 3.8) is 0 Å². The van der Waals surface area contributed by atoms with Crippen molar-refractivity contribution in [2.75, 3.05) is 18.0 Å². The van der Waals surface area contributed by atoms with E-state index < -0.39 is 0 Å². The molecule has 5 nitrogen and oxygen atoms in total.